The molecule has 2 N–H and O–H groups in total. The van der Waals surface area contributed by atoms with E-state index in [0.29, 0.717) is 5.02 Å². The van der Waals surface area contributed by atoms with E-state index in [1.54, 1.807) is 0 Å². The highest BCUT2D eigenvalue weighted by Crippen LogP contribution is 2.29. The molecule has 0 aromatic heterocycles. The fourth-order valence-corrected chi connectivity index (χ4v) is 3.00. The molecule has 8 nitrogen and oxygen atoms in total. The molecule has 0 aliphatic carbocycles. The topological polar surface area (TPSA) is 119 Å². The minimum absolute atomic E-state index is 0.0366. The SMILES string of the molecule is O=C(Nc1ccc(Oc2ccc([N+](=O)[O-])cc2)cc1C(=O)O)c1ccc(Cl)cc1Cl. The van der Waals surface area contributed by atoms with E-state index in [4.69, 9.17) is 27.9 Å². The Labute approximate surface area is 179 Å². The Balaban J connectivity index is 1.83. The predicted octanol–water partition coefficient (Wildman–Crippen LogP) is 5.64. The summed E-state index contributed by atoms with van der Waals surface area (Å²) in [6.45, 7) is 0. The second-order valence-electron chi connectivity index (χ2n) is 5.94. The number of benzene rings is 3. The first-order valence-corrected chi connectivity index (χ1v) is 9.06. The zero-order valence-corrected chi connectivity index (χ0v) is 16.5. The van der Waals surface area contributed by atoms with Crippen LogP contribution in [-0.4, -0.2) is 21.9 Å². The molecule has 152 valence electrons. The average Bonchev–Trinajstić information content (AvgIpc) is 2.69. The van der Waals surface area contributed by atoms with E-state index in [-0.39, 0.29) is 39.0 Å². The molecule has 0 heterocycles. The highest BCUT2D eigenvalue weighted by molar-refractivity contribution is 6.37. The summed E-state index contributed by atoms with van der Waals surface area (Å²) in [5.74, 6) is -1.45. The Kier molecular flexibility index (Phi) is 6.20. The van der Waals surface area contributed by atoms with Crippen molar-refractivity contribution in [2.75, 3.05) is 5.32 Å². The Bertz CT molecular complexity index is 1150. The number of anilines is 1. The number of carboxylic acid groups (broad SMARTS) is 1. The van der Waals surface area contributed by atoms with E-state index in [2.05, 4.69) is 5.32 Å². The Morgan fingerprint density at radius 1 is 0.933 bits per heavy atom. The second-order valence-corrected chi connectivity index (χ2v) is 6.79. The van der Waals surface area contributed by atoms with Crippen LogP contribution in [0.4, 0.5) is 11.4 Å². The van der Waals surface area contributed by atoms with Gasteiger partial charge < -0.3 is 15.2 Å². The third kappa shape index (κ3) is 4.86. The number of amides is 1. The molecule has 0 unspecified atom stereocenters. The molecule has 0 fully saturated rings. The molecule has 0 saturated carbocycles. The summed E-state index contributed by atoms with van der Waals surface area (Å²) in [6, 6.07) is 13.6. The summed E-state index contributed by atoms with van der Waals surface area (Å²) in [5, 5.41) is 23.2. The normalized spacial score (nSPS) is 10.3. The number of non-ortho nitro benzene ring substituents is 1. The van der Waals surface area contributed by atoms with Crippen LogP contribution in [0.25, 0.3) is 0 Å². The van der Waals surface area contributed by atoms with Gasteiger partial charge in [-0.15, -0.1) is 0 Å². The number of carbonyl (C=O) groups is 2. The van der Waals surface area contributed by atoms with Crippen LogP contribution >= 0.6 is 23.2 Å². The molecule has 3 rings (SSSR count). The predicted molar refractivity (Wildman–Crippen MR) is 111 cm³/mol. The smallest absolute Gasteiger partial charge is 0.337 e. The van der Waals surface area contributed by atoms with E-state index in [9.17, 15) is 24.8 Å². The summed E-state index contributed by atoms with van der Waals surface area (Å²) < 4.78 is 5.55. The monoisotopic (exact) mass is 446 g/mol. The lowest BCUT2D eigenvalue weighted by atomic mass is 10.1. The van der Waals surface area contributed by atoms with Crippen LogP contribution in [0.2, 0.25) is 10.0 Å². The number of hydrogen-bond donors (Lipinski definition) is 2. The minimum atomic E-state index is -1.29. The lowest BCUT2D eigenvalue weighted by Gasteiger charge is -2.12. The fourth-order valence-electron chi connectivity index (χ4n) is 2.51. The first kappa shape index (κ1) is 21.1. The van der Waals surface area contributed by atoms with Crippen LogP contribution in [0.3, 0.4) is 0 Å². The zero-order valence-electron chi connectivity index (χ0n) is 15.0. The summed E-state index contributed by atoms with van der Waals surface area (Å²) in [7, 11) is 0. The van der Waals surface area contributed by atoms with Gasteiger partial charge in [0.2, 0.25) is 0 Å². The van der Waals surface area contributed by atoms with Crippen LogP contribution in [0.5, 0.6) is 11.5 Å². The number of nitrogens with one attached hydrogen (secondary N) is 1. The third-order valence-corrected chi connectivity index (χ3v) is 4.48. The summed E-state index contributed by atoms with van der Waals surface area (Å²) in [5.41, 5.74) is -0.154. The molecule has 0 radical (unpaired) electrons. The van der Waals surface area contributed by atoms with Gasteiger partial charge in [0, 0.05) is 17.2 Å². The number of carboxylic acids is 1. The number of ether oxygens (including phenoxy) is 1. The lowest BCUT2D eigenvalue weighted by molar-refractivity contribution is -0.384. The van der Waals surface area contributed by atoms with Crippen molar-refractivity contribution in [2.45, 2.75) is 0 Å². The van der Waals surface area contributed by atoms with Gasteiger partial charge in [-0.2, -0.15) is 0 Å². The minimum Gasteiger partial charge on any atom is -0.478 e. The fraction of sp³-hybridized carbons (Fsp3) is 0. The second kappa shape index (κ2) is 8.81. The van der Waals surface area contributed by atoms with Crippen molar-refractivity contribution in [3.63, 3.8) is 0 Å². The number of rotatable bonds is 6. The van der Waals surface area contributed by atoms with Gasteiger partial charge in [-0.1, -0.05) is 23.2 Å². The van der Waals surface area contributed by atoms with Crippen LogP contribution in [-0.2, 0) is 0 Å². The van der Waals surface area contributed by atoms with E-state index >= 15 is 0 Å². The molecule has 0 aliphatic heterocycles. The Hall–Kier alpha value is -3.62. The standard InChI is InChI=1S/C20H12Cl2N2O6/c21-11-1-7-15(17(22)9-11)19(25)23-18-8-6-14(10-16(18)20(26)27)30-13-4-2-12(3-5-13)24(28)29/h1-10H,(H,23,25)(H,26,27). The molecule has 3 aromatic rings. The largest absolute Gasteiger partial charge is 0.478 e. The van der Waals surface area contributed by atoms with Crippen LogP contribution in [0.15, 0.2) is 60.7 Å². The number of nitro groups is 1. The van der Waals surface area contributed by atoms with Crippen molar-refractivity contribution in [1.82, 2.24) is 0 Å². The summed E-state index contributed by atoms with van der Waals surface area (Å²) in [4.78, 5) is 34.3. The summed E-state index contributed by atoms with van der Waals surface area (Å²) in [6.07, 6.45) is 0. The van der Waals surface area contributed by atoms with Gasteiger partial charge in [0.25, 0.3) is 11.6 Å². The number of carbonyl (C=O) groups excluding carboxylic acids is 1. The van der Waals surface area contributed by atoms with Gasteiger partial charge in [0.15, 0.2) is 0 Å². The first-order valence-electron chi connectivity index (χ1n) is 8.30. The number of nitrogens with zero attached hydrogens (tertiary/aromatic N) is 1. The molecule has 0 spiro atoms. The van der Waals surface area contributed by atoms with Crippen LogP contribution in [0.1, 0.15) is 20.7 Å². The van der Waals surface area contributed by atoms with Gasteiger partial charge >= 0.3 is 5.97 Å². The van der Waals surface area contributed by atoms with E-state index < -0.39 is 16.8 Å². The molecule has 0 aliphatic rings. The van der Waals surface area contributed by atoms with E-state index in [1.807, 2.05) is 0 Å². The molecule has 30 heavy (non-hydrogen) atoms. The van der Waals surface area contributed by atoms with Gasteiger partial charge in [-0.3, -0.25) is 14.9 Å². The maximum absolute atomic E-state index is 12.5. The van der Waals surface area contributed by atoms with Crippen LogP contribution in [0, 0.1) is 10.1 Å². The molecule has 3 aromatic carbocycles. The molecular weight excluding hydrogens is 435 g/mol. The molecule has 0 saturated heterocycles. The highest BCUT2D eigenvalue weighted by atomic mass is 35.5. The quantitative estimate of drug-likeness (QED) is 0.373. The van der Waals surface area contributed by atoms with E-state index in [0.717, 1.165) is 0 Å². The summed E-state index contributed by atoms with van der Waals surface area (Å²) >= 11 is 11.8. The number of aromatic carboxylic acids is 1. The number of hydrogen-bond acceptors (Lipinski definition) is 5. The first-order chi connectivity index (χ1) is 14.2. The molecule has 0 bridgehead atoms. The third-order valence-electron chi connectivity index (χ3n) is 3.93. The molecule has 10 heteroatoms. The van der Waals surface area contributed by atoms with Crippen molar-refractivity contribution < 1.29 is 24.4 Å². The van der Waals surface area contributed by atoms with Gasteiger partial charge in [-0.05, 0) is 48.5 Å². The molecule has 1 amide bonds. The van der Waals surface area contributed by atoms with Crippen molar-refractivity contribution in [2.24, 2.45) is 0 Å². The maximum atomic E-state index is 12.5. The van der Waals surface area contributed by atoms with Crippen molar-refractivity contribution in [3.05, 3.63) is 92.0 Å². The average molecular weight is 447 g/mol. The Morgan fingerprint density at radius 3 is 2.20 bits per heavy atom. The van der Waals surface area contributed by atoms with Crippen molar-refractivity contribution >= 4 is 46.5 Å². The maximum Gasteiger partial charge on any atom is 0.337 e. The van der Waals surface area contributed by atoms with Gasteiger partial charge in [-0.25, -0.2) is 4.79 Å². The molecular formula is C20H12Cl2N2O6. The molecule has 0 atom stereocenters. The Morgan fingerprint density at radius 2 is 1.60 bits per heavy atom. The van der Waals surface area contributed by atoms with Crippen molar-refractivity contribution in [1.29, 1.82) is 0 Å². The van der Waals surface area contributed by atoms with E-state index in [1.165, 1.54) is 60.7 Å². The van der Waals surface area contributed by atoms with Crippen molar-refractivity contribution in [3.8, 4) is 11.5 Å². The number of halogens is 2. The van der Waals surface area contributed by atoms with Gasteiger partial charge in [0.1, 0.15) is 11.5 Å². The zero-order chi connectivity index (χ0) is 21.8. The van der Waals surface area contributed by atoms with Gasteiger partial charge in [0.05, 0.1) is 26.8 Å². The van der Waals surface area contributed by atoms with Crippen LogP contribution < -0.4 is 10.1 Å². The lowest BCUT2D eigenvalue weighted by Crippen LogP contribution is -2.15. The number of nitro benzene ring substituents is 1. The highest BCUT2D eigenvalue weighted by Gasteiger charge is 2.17.